The van der Waals surface area contributed by atoms with E-state index in [9.17, 15) is 9.59 Å². The number of benzene rings is 1. The molecule has 1 aromatic carbocycles. The van der Waals surface area contributed by atoms with Crippen molar-refractivity contribution in [3.63, 3.8) is 0 Å². The van der Waals surface area contributed by atoms with Crippen molar-refractivity contribution in [2.24, 2.45) is 0 Å². The van der Waals surface area contributed by atoms with Crippen LogP contribution in [0, 0.1) is 0 Å². The third-order valence-electron chi connectivity index (χ3n) is 3.18. The maximum Gasteiger partial charge on any atom is 0.238 e. The second-order valence-corrected chi connectivity index (χ2v) is 4.67. The molecule has 0 aliphatic carbocycles. The van der Waals surface area contributed by atoms with E-state index in [0.717, 1.165) is 18.7 Å². The van der Waals surface area contributed by atoms with Crippen LogP contribution < -0.4 is 5.01 Å². The predicted octanol–water partition coefficient (Wildman–Crippen LogP) is 2.01. The maximum atomic E-state index is 11.8. The molecule has 0 N–H and O–H groups in total. The zero-order valence-electron chi connectivity index (χ0n) is 10.8. The molecule has 1 aliphatic rings. The summed E-state index contributed by atoms with van der Waals surface area (Å²) in [6.45, 7) is 3.90. The predicted molar refractivity (Wildman–Crippen MR) is 70.0 cm³/mol. The van der Waals surface area contributed by atoms with Gasteiger partial charge in [-0.3, -0.25) is 19.6 Å². The van der Waals surface area contributed by atoms with E-state index in [1.165, 1.54) is 0 Å². The number of hydrogen-bond donors (Lipinski definition) is 0. The lowest BCUT2D eigenvalue weighted by Gasteiger charge is -2.32. The second kappa shape index (κ2) is 5.21. The first-order valence-electron chi connectivity index (χ1n) is 6.21. The molecule has 4 heteroatoms. The third-order valence-corrected chi connectivity index (χ3v) is 3.18. The first-order valence-corrected chi connectivity index (χ1v) is 6.21. The largest absolute Gasteiger partial charge is 0.300 e. The van der Waals surface area contributed by atoms with Crippen LogP contribution >= 0.6 is 0 Å². The van der Waals surface area contributed by atoms with E-state index in [0.29, 0.717) is 6.42 Å². The lowest BCUT2D eigenvalue weighted by molar-refractivity contribution is -0.131. The van der Waals surface area contributed by atoms with E-state index < -0.39 is 0 Å². The van der Waals surface area contributed by atoms with Gasteiger partial charge < -0.3 is 0 Å². The van der Waals surface area contributed by atoms with E-state index in [1.54, 1.807) is 18.9 Å². The molecular weight excluding hydrogens is 228 g/mol. The van der Waals surface area contributed by atoms with Crippen molar-refractivity contribution in [1.82, 2.24) is 5.01 Å². The Labute approximate surface area is 107 Å². The molecule has 96 valence electrons. The van der Waals surface area contributed by atoms with Gasteiger partial charge in [0.2, 0.25) is 5.91 Å². The normalized spacial score (nSPS) is 19.1. The van der Waals surface area contributed by atoms with Gasteiger partial charge >= 0.3 is 0 Å². The van der Waals surface area contributed by atoms with Crippen molar-refractivity contribution in [2.45, 2.75) is 32.7 Å². The minimum atomic E-state index is -0.0115. The van der Waals surface area contributed by atoms with Gasteiger partial charge in [0.25, 0.3) is 0 Å². The molecule has 4 nitrogen and oxygen atoms in total. The van der Waals surface area contributed by atoms with Crippen molar-refractivity contribution in [3.8, 4) is 0 Å². The molecule has 1 amide bonds. The molecule has 0 spiro atoms. The fourth-order valence-electron chi connectivity index (χ4n) is 2.50. The summed E-state index contributed by atoms with van der Waals surface area (Å²) in [6.07, 6.45) is 1.27. The molecule has 0 radical (unpaired) electrons. The summed E-state index contributed by atoms with van der Waals surface area (Å²) in [7, 11) is 0. The van der Waals surface area contributed by atoms with Gasteiger partial charge in [0, 0.05) is 19.9 Å². The number of amides is 1. The van der Waals surface area contributed by atoms with Crippen LogP contribution in [0.1, 0.15) is 26.7 Å². The molecule has 0 bridgehead atoms. The minimum absolute atomic E-state index is 0.000191. The standard InChI is InChI=1S/C14H18N2O2/c1-11(17)10-14-8-9-15(16(14)12(2)18)13-6-4-3-5-7-13/h3-7,14H,8-10H2,1-2H3. The van der Waals surface area contributed by atoms with E-state index in [2.05, 4.69) is 0 Å². The Balaban J connectivity index is 2.22. The Hall–Kier alpha value is -1.84. The first kappa shape index (κ1) is 12.6. The first-order chi connectivity index (χ1) is 8.59. The second-order valence-electron chi connectivity index (χ2n) is 4.67. The number of para-hydroxylation sites is 1. The van der Waals surface area contributed by atoms with E-state index in [-0.39, 0.29) is 17.7 Å². The summed E-state index contributed by atoms with van der Waals surface area (Å²) < 4.78 is 0. The molecule has 1 aromatic rings. The maximum absolute atomic E-state index is 11.8. The van der Waals surface area contributed by atoms with Crippen LogP contribution in [0.5, 0.6) is 0 Å². The van der Waals surface area contributed by atoms with Crippen LogP contribution in [0.15, 0.2) is 30.3 Å². The van der Waals surface area contributed by atoms with Crippen LogP contribution in [0.3, 0.4) is 0 Å². The van der Waals surface area contributed by atoms with Crippen LogP contribution in [0.4, 0.5) is 5.69 Å². The number of nitrogens with zero attached hydrogens (tertiary/aromatic N) is 2. The number of hydrazine groups is 1. The Kier molecular flexibility index (Phi) is 3.65. The molecule has 0 saturated carbocycles. The number of rotatable bonds is 3. The molecular formula is C14H18N2O2. The van der Waals surface area contributed by atoms with E-state index in [4.69, 9.17) is 0 Å². The third kappa shape index (κ3) is 2.53. The molecule has 1 aliphatic heterocycles. The summed E-state index contributed by atoms with van der Waals surface area (Å²) in [5.74, 6) is 0.115. The van der Waals surface area contributed by atoms with Crippen LogP contribution in [-0.4, -0.2) is 29.3 Å². The molecule has 2 rings (SSSR count). The van der Waals surface area contributed by atoms with Gasteiger partial charge in [-0.2, -0.15) is 0 Å². The van der Waals surface area contributed by atoms with E-state index in [1.807, 2.05) is 35.3 Å². The molecule has 1 fully saturated rings. The van der Waals surface area contributed by atoms with Gasteiger partial charge in [0.1, 0.15) is 5.78 Å². The van der Waals surface area contributed by atoms with Gasteiger partial charge in [-0.25, -0.2) is 0 Å². The molecule has 1 unspecified atom stereocenters. The number of hydrogen-bond acceptors (Lipinski definition) is 3. The quantitative estimate of drug-likeness (QED) is 0.819. The van der Waals surface area contributed by atoms with Gasteiger partial charge in [0.05, 0.1) is 11.7 Å². The minimum Gasteiger partial charge on any atom is -0.300 e. The summed E-state index contributed by atoms with van der Waals surface area (Å²) in [5, 5.41) is 3.69. The van der Waals surface area contributed by atoms with Gasteiger partial charge in [-0.05, 0) is 25.5 Å². The Bertz CT molecular complexity index is 444. The zero-order valence-corrected chi connectivity index (χ0v) is 10.8. The fraction of sp³-hybridized carbons (Fsp3) is 0.429. The summed E-state index contributed by atoms with van der Waals surface area (Å²) >= 11 is 0. The summed E-state index contributed by atoms with van der Waals surface area (Å²) in [4.78, 5) is 23.0. The molecule has 18 heavy (non-hydrogen) atoms. The number of ketones is 1. The summed E-state index contributed by atoms with van der Waals surface area (Å²) in [5.41, 5.74) is 0.999. The SMILES string of the molecule is CC(=O)CC1CCN(c2ccccc2)N1C(C)=O. The Morgan fingerprint density at radius 3 is 2.44 bits per heavy atom. The molecule has 1 saturated heterocycles. The zero-order chi connectivity index (χ0) is 13.1. The highest BCUT2D eigenvalue weighted by molar-refractivity contribution is 5.80. The highest BCUT2D eigenvalue weighted by atomic mass is 16.2. The van der Waals surface area contributed by atoms with Crippen molar-refractivity contribution in [3.05, 3.63) is 30.3 Å². The van der Waals surface area contributed by atoms with E-state index >= 15 is 0 Å². The lowest BCUT2D eigenvalue weighted by Crippen LogP contribution is -2.45. The number of anilines is 1. The van der Waals surface area contributed by atoms with Gasteiger partial charge in [-0.1, -0.05) is 18.2 Å². The van der Waals surface area contributed by atoms with Crippen molar-refractivity contribution in [2.75, 3.05) is 11.6 Å². The van der Waals surface area contributed by atoms with Crippen molar-refractivity contribution < 1.29 is 9.59 Å². The Morgan fingerprint density at radius 2 is 1.89 bits per heavy atom. The monoisotopic (exact) mass is 246 g/mol. The van der Waals surface area contributed by atoms with Crippen LogP contribution in [0.25, 0.3) is 0 Å². The molecule has 0 aromatic heterocycles. The molecule has 1 atom stereocenters. The highest BCUT2D eigenvalue weighted by Crippen LogP contribution is 2.27. The fourth-order valence-corrected chi connectivity index (χ4v) is 2.50. The van der Waals surface area contributed by atoms with Crippen molar-refractivity contribution in [1.29, 1.82) is 0 Å². The lowest BCUT2D eigenvalue weighted by atomic mass is 10.1. The number of carbonyl (C=O) groups excluding carboxylic acids is 2. The average molecular weight is 246 g/mol. The van der Waals surface area contributed by atoms with Crippen molar-refractivity contribution >= 4 is 17.4 Å². The Morgan fingerprint density at radius 1 is 1.22 bits per heavy atom. The van der Waals surface area contributed by atoms with Crippen LogP contribution in [-0.2, 0) is 9.59 Å². The molecule has 1 heterocycles. The topological polar surface area (TPSA) is 40.6 Å². The van der Waals surface area contributed by atoms with Gasteiger partial charge in [-0.15, -0.1) is 0 Å². The van der Waals surface area contributed by atoms with Gasteiger partial charge in [0.15, 0.2) is 0 Å². The number of carbonyl (C=O) groups is 2. The smallest absolute Gasteiger partial charge is 0.238 e. The summed E-state index contributed by atoms with van der Waals surface area (Å²) in [6, 6.07) is 9.81. The average Bonchev–Trinajstić information content (AvgIpc) is 2.73. The number of Topliss-reactive ketones (excluding diaryl/α,β-unsaturated/α-hetero) is 1. The highest BCUT2D eigenvalue weighted by Gasteiger charge is 2.34. The van der Waals surface area contributed by atoms with Crippen LogP contribution in [0.2, 0.25) is 0 Å².